The number of carbonyl (C=O) groups is 1. The van der Waals surface area contributed by atoms with E-state index >= 15 is 0 Å². The number of hydrogen-bond acceptors (Lipinski definition) is 3. The molecule has 0 N–H and O–H groups in total. The van der Waals surface area contributed by atoms with Crippen molar-refractivity contribution in [1.29, 1.82) is 0 Å². The van der Waals surface area contributed by atoms with Gasteiger partial charge in [0.1, 0.15) is 0 Å². The molecule has 3 heteroatoms. The zero-order valence-electron chi connectivity index (χ0n) is 10.1. The number of Topliss-reactive ketones (excluding diaryl/α,β-unsaturated/α-hetero) is 1. The van der Waals surface area contributed by atoms with Crippen molar-refractivity contribution in [1.82, 2.24) is 4.98 Å². The zero-order chi connectivity index (χ0) is 12.4. The number of pyridine rings is 1. The minimum absolute atomic E-state index is 0.0138. The quantitative estimate of drug-likeness (QED) is 0.759. The smallest absolute Gasteiger partial charge is 0.168 e. The van der Waals surface area contributed by atoms with Crippen molar-refractivity contribution in [2.24, 2.45) is 5.92 Å². The summed E-state index contributed by atoms with van der Waals surface area (Å²) in [5.74, 6) is 0.196. The van der Waals surface area contributed by atoms with E-state index in [1.165, 1.54) is 0 Å². The van der Waals surface area contributed by atoms with Crippen molar-refractivity contribution in [3.8, 4) is 0 Å². The lowest BCUT2D eigenvalue weighted by Crippen LogP contribution is -2.25. The highest BCUT2D eigenvalue weighted by Crippen LogP contribution is 2.21. The second kappa shape index (κ2) is 4.86. The molecule has 0 saturated carbocycles. The Kier molecular flexibility index (Phi) is 3.07. The predicted octanol–water partition coefficient (Wildman–Crippen LogP) is 2.84. The lowest BCUT2D eigenvalue weighted by Gasteiger charge is -2.20. The first-order valence-electron chi connectivity index (χ1n) is 6.31. The molecule has 1 aromatic heterocycles. The molecule has 0 spiro atoms. The molecule has 0 aliphatic carbocycles. The summed E-state index contributed by atoms with van der Waals surface area (Å²) in [6.45, 7) is 1.34. The van der Waals surface area contributed by atoms with E-state index in [2.05, 4.69) is 4.98 Å². The van der Waals surface area contributed by atoms with Crippen LogP contribution in [0.4, 0.5) is 0 Å². The normalized spacial score (nSPS) is 19.9. The van der Waals surface area contributed by atoms with Crippen LogP contribution in [0.3, 0.4) is 0 Å². The van der Waals surface area contributed by atoms with Gasteiger partial charge in [-0.05, 0) is 25.0 Å². The second-order valence-electron chi connectivity index (χ2n) is 4.69. The molecule has 3 nitrogen and oxygen atoms in total. The maximum atomic E-state index is 12.3. The van der Waals surface area contributed by atoms with E-state index in [4.69, 9.17) is 4.74 Å². The third kappa shape index (κ3) is 2.14. The molecular formula is C15H15NO2. The molecule has 1 aliphatic rings. The summed E-state index contributed by atoms with van der Waals surface area (Å²) in [5, 5.41) is 1.06. The Balaban J connectivity index is 1.91. The van der Waals surface area contributed by atoms with Crippen LogP contribution in [-0.4, -0.2) is 24.0 Å². The molecule has 1 unspecified atom stereocenters. The zero-order valence-corrected chi connectivity index (χ0v) is 10.1. The maximum Gasteiger partial charge on any atom is 0.168 e. The molecule has 2 heterocycles. The van der Waals surface area contributed by atoms with Crippen LogP contribution in [0.25, 0.3) is 10.9 Å². The van der Waals surface area contributed by atoms with Gasteiger partial charge in [0.25, 0.3) is 0 Å². The summed E-state index contributed by atoms with van der Waals surface area (Å²) in [7, 11) is 0. The van der Waals surface area contributed by atoms with Gasteiger partial charge in [-0.15, -0.1) is 0 Å². The van der Waals surface area contributed by atoms with Crippen LogP contribution in [-0.2, 0) is 4.74 Å². The molecule has 1 fully saturated rings. The Hall–Kier alpha value is -1.74. The highest BCUT2D eigenvalue weighted by atomic mass is 16.5. The van der Waals surface area contributed by atoms with Crippen molar-refractivity contribution >= 4 is 16.7 Å². The molecule has 92 valence electrons. The van der Waals surface area contributed by atoms with Gasteiger partial charge in [0.05, 0.1) is 12.1 Å². The van der Waals surface area contributed by atoms with Gasteiger partial charge in [-0.1, -0.05) is 18.2 Å². The Morgan fingerprint density at radius 1 is 1.33 bits per heavy atom. The molecule has 1 aromatic carbocycles. The highest BCUT2D eigenvalue weighted by Gasteiger charge is 2.23. The van der Waals surface area contributed by atoms with E-state index in [1.807, 2.05) is 30.3 Å². The number of fused-ring (bicyclic) bond motifs is 1. The fraction of sp³-hybridized carbons (Fsp3) is 0.333. The van der Waals surface area contributed by atoms with Gasteiger partial charge in [-0.25, -0.2) is 0 Å². The van der Waals surface area contributed by atoms with E-state index in [0.29, 0.717) is 6.61 Å². The number of rotatable bonds is 2. The highest BCUT2D eigenvalue weighted by molar-refractivity contribution is 6.00. The van der Waals surface area contributed by atoms with Gasteiger partial charge < -0.3 is 4.74 Å². The number of nitrogens with zero attached hydrogens (tertiary/aromatic N) is 1. The molecule has 1 aliphatic heterocycles. The van der Waals surface area contributed by atoms with E-state index in [9.17, 15) is 4.79 Å². The topological polar surface area (TPSA) is 39.2 Å². The molecule has 2 aromatic rings. The summed E-state index contributed by atoms with van der Waals surface area (Å²) < 4.78 is 5.38. The minimum atomic E-state index is 0.0138. The number of carbonyl (C=O) groups excluding carboxylic acids is 1. The summed E-state index contributed by atoms with van der Waals surface area (Å²) in [4.78, 5) is 16.6. The van der Waals surface area contributed by atoms with Crippen LogP contribution in [0.1, 0.15) is 23.2 Å². The first-order valence-corrected chi connectivity index (χ1v) is 6.31. The number of hydrogen-bond donors (Lipinski definition) is 0. The number of aromatic nitrogens is 1. The standard InChI is InChI=1S/C15H15NO2/c17-15(13-4-2-8-18-10-13)12-6-5-11-3-1-7-16-14(11)9-12/h1,3,5-7,9,13H,2,4,8,10H2. The fourth-order valence-corrected chi connectivity index (χ4v) is 2.40. The Morgan fingerprint density at radius 2 is 2.28 bits per heavy atom. The molecule has 0 amide bonds. The molecule has 1 saturated heterocycles. The molecule has 18 heavy (non-hydrogen) atoms. The third-order valence-electron chi connectivity index (χ3n) is 3.42. The van der Waals surface area contributed by atoms with Gasteiger partial charge in [-0.2, -0.15) is 0 Å². The van der Waals surface area contributed by atoms with Crippen molar-refractivity contribution in [3.63, 3.8) is 0 Å². The number of ether oxygens (including phenoxy) is 1. The van der Waals surface area contributed by atoms with Crippen molar-refractivity contribution in [2.45, 2.75) is 12.8 Å². The molecule has 0 radical (unpaired) electrons. The van der Waals surface area contributed by atoms with Crippen LogP contribution in [0.15, 0.2) is 36.5 Å². The number of ketones is 1. The van der Waals surface area contributed by atoms with Gasteiger partial charge in [-0.3, -0.25) is 9.78 Å². The minimum Gasteiger partial charge on any atom is -0.381 e. The fourth-order valence-electron chi connectivity index (χ4n) is 2.40. The Morgan fingerprint density at radius 3 is 3.11 bits per heavy atom. The molecule has 3 rings (SSSR count). The Bertz CT molecular complexity index is 573. The number of benzene rings is 1. The third-order valence-corrected chi connectivity index (χ3v) is 3.42. The monoisotopic (exact) mass is 241 g/mol. The maximum absolute atomic E-state index is 12.3. The van der Waals surface area contributed by atoms with E-state index < -0.39 is 0 Å². The Labute approximate surface area is 106 Å². The molecule has 1 atom stereocenters. The van der Waals surface area contributed by atoms with Crippen molar-refractivity contribution in [3.05, 3.63) is 42.1 Å². The largest absolute Gasteiger partial charge is 0.381 e. The van der Waals surface area contributed by atoms with Crippen LogP contribution < -0.4 is 0 Å². The lowest BCUT2D eigenvalue weighted by atomic mass is 9.92. The summed E-state index contributed by atoms with van der Waals surface area (Å²) >= 11 is 0. The average molecular weight is 241 g/mol. The van der Waals surface area contributed by atoms with Crippen LogP contribution >= 0.6 is 0 Å². The van der Waals surface area contributed by atoms with Crippen molar-refractivity contribution < 1.29 is 9.53 Å². The van der Waals surface area contributed by atoms with Gasteiger partial charge in [0.15, 0.2) is 5.78 Å². The predicted molar refractivity (Wildman–Crippen MR) is 69.6 cm³/mol. The van der Waals surface area contributed by atoms with E-state index in [-0.39, 0.29) is 11.7 Å². The van der Waals surface area contributed by atoms with Gasteiger partial charge in [0.2, 0.25) is 0 Å². The molecular weight excluding hydrogens is 226 g/mol. The lowest BCUT2D eigenvalue weighted by molar-refractivity contribution is 0.0461. The van der Waals surface area contributed by atoms with Crippen LogP contribution in [0.2, 0.25) is 0 Å². The average Bonchev–Trinajstić information content (AvgIpc) is 2.47. The SMILES string of the molecule is O=C(c1ccc2cccnc2c1)C1CCCOC1. The molecule has 0 bridgehead atoms. The summed E-state index contributed by atoms with van der Waals surface area (Å²) in [5.41, 5.74) is 1.62. The first kappa shape index (κ1) is 11.4. The van der Waals surface area contributed by atoms with Gasteiger partial charge >= 0.3 is 0 Å². The van der Waals surface area contributed by atoms with Crippen LogP contribution in [0, 0.1) is 5.92 Å². The summed E-state index contributed by atoms with van der Waals surface area (Å²) in [6.07, 6.45) is 3.65. The first-order chi connectivity index (χ1) is 8.84. The second-order valence-corrected chi connectivity index (χ2v) is 4.69. The van der Waals surface area contributed by atoms with Crippen LogP contribution in [0.5, 0.6) is 0 Å². The van der Waals surface area contributed by atoms with Crippen molar-refractivity contribution in [2.75, 3.05) is 13.2 Å². The van der Waals surface area contributed by atoms with E-state index in [1.54, 1.807) is 6.20 Å². The summed E-state index contributed by atoms with van der Waals surface area (Å²) in [6, 6.07) is 9.63. The van der Waals surface area contributed by atoms with E-state index in [0.717, 1.165) is 35.9 Å². The van der Waals surface area contributed by atoms with Gasteiger partial charge in [0, 0.05) is 29.7 Å².